The molecule has 0 spiro atoms. The molecular formula is C12H19N5OS. The summed E-state index contributed by atoms with van der Waals surface area (Å²) in [5, 5.41) is 9.31. The maximum absolute atomic E-state index is 11.8. The highest BCUT2D eigenvalue weighted by Gasteiger charge is 2.21. The van der Waals surface area contributed by atoms with Crippen LogP contribution in [0.15, 0.2) is 10.5 Å². The number of carbonyl (C=O) groups excluding carboxylic acids is 1. The van der Waals surface area contributed by atoms with Gasteiger partial charge in [0.25, 0.3) is 5.91 Å². The molecule has 7 heteroatoms. The third kappa shape index (κ3) is 4.20. The molecule has 1 aliphatic rings. The van der Waals surface area contributed by atoms with E-state index < -0.39 is 0 Å². The third-order valence-corrected chi connectivity index (χ3v) is 3.72. The minimum absolute atomic E-state index is 0.0630. The molecule has 1 amide bonds. The second-order valence-corrected chi connectivity index (χ2v) is 5.30. The fourth-order valence-corrected chi connectivity index (χ4v) is 2.29. The number of guanidine groups is 1. The summed E-state index contributed by atoms with van der Waals surface area (Å²) in [7, 11) is 1.75. The van der Waals surface area contributed by atoms with E-state index in [4.69, 9.17) is 0 Å². The predicted octanol–water partition coefficient (Wildman–Crippen LogP) is 0.509. The van der Waals surface area contributed by atoms with Crippen molar-refractivity contribution in [2.45, 2.75) is 25.8 Å². The summed E-state index contributed by atoms with van der Waals surface area (Å²) in [6.07, 6.45) is 2.42. The average molecular weight is 281 g/mol. The number of nitrogens with one attached hydrogen (secondary N) is 3. The Kier molecular flexibility index (Phi) is 4.73. The highest BCUT2D eigenvalue weighted by Crippen LogP contribution is 2.18. The van der Waals surface area contributed by atoms with Gasteiger partial charge < -0.3 is 16.0 Å². The second kappa shape index (κ2) is 6.51. The Morgan fingerprint density at radius 2 is 2.21 bits per heavy atom. The molecular weight excluding hydrogens is 262 g/mol. The highest BCUT2D eigenvalue weighted by atomic mass is 32.1. The molecule has 0 atom stereocenters. The topological polar surface area (TPSA) is 78.4 Å². The van der Waals surface area contributed by atoms with Crippen LogP contribution in [0.2, 0.25) is 0 Å². The van der Waals surface area contributed by atoms with Gasteiger partial charge in [-0.3, -0.25) is 9.79 Å². The molecule has 104 valence electrons. The summed E-state index contributed by atoms with van der Waals surface area (Å²) in [5.41, 5.74) is 2.46. The summed E-state index contributed by atoms with van der Waals surface area (Å²) in [5.74, 6) is 0.734. The number of carbonyl (C=O) groups is 1. The van der Waals surface area contributed by atoms with Crippen LogP contribution in [0, 0.1) is 6.92 Å². The van der Waals surface area contributed by atoms with Gasteiger partial charge in [-0.15, -0.1) is 11.3 Å². The van der Waals surface area contributed by atoms with Crippen LogP contribution in [0.4, 0.5) is 0 Å². The van der Waals surface area contributed by atoms with Gasteiger partial charge in [0, 0.05) is 26.2 Å². The van der Waals surface area contributed by atoms with E-state index in [1.54, 1.807) is 12.6 Å². The monoisotopic (exact) mass is 281 g/mol. The van der Waals surface area contributed by atoms with Crippen molar-refractivity contribution in [2.75, 3.05) is 20.1 Å². The number of aryl methyl sites for hydroxylation is 1. The van der Waals surface area contributed by atoms with Crippen molar-refractivity contribution in [3.63, 3.8) is 0 Å². The summed E-state index contributed by atoms with van der Waals surface area (Å²) < 4.78 is 0. The predicted molar refractivity (Wildman–Crippen MR) is 76.7 cm³/mol. The molecule has 0 aromatic carbocycles. The van der Waals surface area contributed by atoms with E-state index >= 15 is 0 Å². The first kappa shape index (κ1) is 13.8. The minimum atomic E-state index is -0.0630. The SMILES string of the molecule is CN=C(NCCNC(=O)c1scnc1C)NC1CC1. The van der Waals surface area contributed by atoms with Crippen LogP contribution in [0.25, 0.3) is 0 Å². The summed E-state index contributed by atoms with van der Waals surface area (Å²) in [4.78, 5) is 20.7. The molecule has 6 nitrogen and oxygen atoms in total. The molecule has 0 radical (unpaired) electrons. The van der Waals surface area contributed by atoms with E-state index in [0.717, 1.165) is 11.7 Å². The Labute approximate surface area is 116 Å². The normalized spacial score (nSPS) is 15.2. The smallest absolute Gasteiger partial charge is 0.263 e. The number of nitrogens with zero attached hydrogens (tertiary/aromatic N) is 2. The molecule has 3 N–H and O–H groups in total. The fourth-order valence-electron chi connectivity index (χ4n) is 1.57. The molecule has 1 aromatic heterocycles. The van der Waals surface area contributed by atoms with Crippen molar-refractivity contribution < 1.29 is 4.79 Å². The first-order valence-corrected chi connectivity index (χ1v) is 7.24. The first-order valence-electron chi connectivity index (χ1n) is 6.36. The van der Waals surface area contributed by atoms with E-state index in [0.29, 0.717) is 24.0 Å². The molecule has 1 heterocycles. The minimum Gasteiger partial charge on any atom is -0.355 e. The molecule has 0 bridgehead atoms. The molecule has 19 heavy (non-hydrogen) atoms. The van der Waals surface area contributed by atoms with Gasteiger partial charge in [-0.1, -0.05) is 0 Å². The Hall–Kier alpha value is -1.63. The molecule has 1 saturated carbocycles. The van der Waals surface area contributed by atoms with Crippen LogP contribution < -0.4 is 16.0 Å². The molecule has 1 aliphatic carbocycles. The Bertz CT molecular complexity index is 466. The van der Waals surface area contributed by atoms with E-state index in [2.05, 4.69) is 25.9 Å². The summed E-state index contributed by atoms with van der Waals surface area (Å²) in [6.45, 7) is 3.04. The first-order chi connectivity index (χ1) is 9.20. The largest absolute Gasteiger partial charge is 0.355 e. The second-order valence-electron chi connectivity index (χ2n) is 4.44. The number of amides is 1. The van der Waals surface area contributed by atoms with E-state index in [9.17, 15) is 4.79 Å². The van der Waals surface area contributed by atoms with Gasteiger partial charge in [0.2, 0.25) is 0 Å². The van der Waals surface area contributed by atoms with E-state index in [1.165, 1.54) is 24.2 Å². The van der Waals surface area contributed by atoms with Crippen LogP contribution in [0.1, 0.15) is 28.2 Å². The molecule has 2 rings (SSSR count). The van der Waals surface area contributed by atoms with Gasteiger partial charge in [-0.25, -0.2) is 4.98 Å². The zero-order valence-corrected chi connectivity index (χ0v) is 12.0. The quantitative estimate of drug-likeness (QED) is 0.417. The van der Waals surface area contributed by atoms with Crippen molar-refractivity contribution in [3.8, 4) is 0 Å². The lowest BCUT2D eigenvalue weighted by molar-refractivity contribution is 0.0957. The van der Waals surface area contributed by atoms with Crippen molar-refractivity contribution in [1.29, 1.82) is 0 Å². The third-order valence-electron chi connectivity index (χ3n) is 2.80. The Morgan fingerprint density at radius 3 is 2.79 bits per heavy atom. The lowest BCUT2D eigenvalue weighted by Crippen LogP contribution is -2.42. The molecule has 1 fully saturated rings. The van der Waals surface area contributed by atoms with Crippen LogP contribution >= 0.6 is 11.3 Å². The maximum Gasteiger partial charge on any atom is 0.263 e. The van der Waals surface area contributed by atoms with E-state index in [1.807, 2.05) is 6.92 Å². The number of hydrogen-bond acceptors (Lipinski definition) is 4. The molecule has 0 aliphatic heterocycles. The zero-order chi connectivity index (χ0) is 13.7. The van der Waals surface area contributed by atoms with Gasteiger partial charge >= 0.3 is 0 Å². The fraction of sp³-hybridized carbons (Fsp3) is 0.583. The highest BCUT2D eigenvalue weighted by molar-refractivity contribution is 7.11. The maximum atomic E-state index is 11.8. The summed E-state index contributed by atoms with van der Waals surface area (Å²) >= 11 is 1.36. The number of thiazole rings is 1. The lowest BCUT2D eigenvalue weighted by atomic mass is 10.4. The number of rotatable bonds is 5. The molecule has 0 saturated heterocycles. The Morgan fingerprint density at radius 1 is 1.47 bits per heavy atom. The van der Waals surface area contributed by atoms with Gasteiger partial charge in [-0.05, 0) is 19.8 Å². The van der Waals surface area contributed by atoms with Crippen LogP contribution in [-0.4, -0.2) is 43.0 Å². The van der Waals surface area contributed by atoms with Gasteiger partial charge in [0.05, 0.1) is 11.2 Å². The average Bonchev–Trinajstić information content (AvgIpc) is 3.12. The molecule has 0 unspecified atom stereocenters. The number of hydrogen-bond donors (Lipinski definition) is 3. The van der Waals surface area contributed by atoms with Gasteiger partial charge in [0.15, 0.2) is 5.96 Å². The van der Waals surface area contributed by atoms with Crippen molar-refractivity contribution in [2.24, 2.45) is 4.99 Å². The van der Waals surface area contributed by atoms with Crippen LogP contribution in [-0.2, 0) is 0 Å². The van der Waals surface area contributed by atoms with Gasteiger partial charge in [-0.2, -0.15) is 0 Å². The number of aliphatic imine (C=N–C) groups is 1. The lowest BCUT2D eigenvalue weighted by Gasteiger charge is -2.11. The van der Waals surface area contributed by atoms with Crippen LogP contribution in [0.3, 0.4) is 0 Å². The van der Waals surface area contributed by atoms with Gasteiger partial charge in [0.1, 0.15) is 4.88 Å². The molecule has 1 aromatic rings. The van der Waals surface area contributed by atoms with Crippen molar-refractivity contribution >= 4 is 23.2 Å². The number of aromatic nitrogens is 1. The zero-order valence-electron chi connectivity index (χ0n) is 11.2. The van der Waals surface area contributed by atoms with Crippen molar-refractivity contribution in [3.05, 3.63) is 16.1 Å². The van der Waals surface area contributed by atoms with Crippen LogP contribution in [0.5, 0.6) is 0 Å². The van der Waals surface area contributed by atoms with Crippen molar-refractivity contribution in [1.82, 2.24) is 20.9 Å². The van der Waals surface area contributed by atoms with E-state index in [-0.39, 0.29) is 5.91 Å². The summed E-state index contributed by atoms with van der Waals surface area (Å²) in [6, 6.07) is 0.570. The standard InChI is InChI=1S/C12H19N5OS/c1-8-10(19-7-16-8)11(18)14-5-6-15-12(13-2)17-9-3-4-9/h7,9H,3-6H2,1-2H3,(H,14,18)(H2,13,15,17). The Balaban J connectivity index is 1.66.